The number of rotatable bonds is 0. The SMILES string of the molecule is C1=Cc2cccc3cccc1c23.c1ccc2c(c1)-c1cccc3cccc-2c13.c1ccoc1. The predicted octanol–water partition coefficient (Wildman–Crippen LogP) is 9.09. The van der Waals surface area contributed by atoms with E-state index in [2.05, 4.69) is 114 Å². The van der Waals surface area contributed by atoms with Gasteiger partial charge in [-0.2, -0.15) is 0 Å². The molecule has 0 spiro atoms. The first-order valence-electron chi connectivity index (χ1n) is 11.2. The summed E-state index contributed by atoms with van der Waals surface area (Å²) in [6, 6.07) is 38.3. The number of hydrogen-bond donors (Lipinski definition) is 0. The third-order valence-electron chi connectivity index (χ3n) is 6.25. The molecule has 2 aliphatic carbocycles. The van der Waals surface area contributed by atoms with Crippen LogP contribution in [0, 0.1) is 0 Å². The van der Waals surface area contributed by atoms with Gasteiger partial charge in [-0.25, -0.2) is 0 Å². The van der Waals surface area contributed by atoms with Crippen LogP contribution in [0.1, 0.15) is 11.1 Å². The fraction of sp³-hybridized carbons (Fsp3) is 0. The van der Waals surface area contributed by atoms with Crippen molar-refractivity contribution in [2.45, 2.75) is 0 Å². The summed E-state index contributed by atoms with van der Waals surface area (Å²) in [6.45, 7) is 0. The second-order valence-electron chi connectivity index (χ2n) is 8.17. The van der Waals surface area contributed by atoms with E-state index >= 15 is 0 Å². The first-order valence-corrected chi connectivity index (χ1v) is 11.2. The van der Waals surface area contributed by atoms with Gasteiger partial charge in [0.25, 0.3) is 0 Å². The second-order valence-corrected chi connectivity index (χ2v) is 8.17. The normalized spacial score (nSPS) is 11.5. The van der Waals surface area contributed by atoms with E-state index in [9.17, 15) is 0 Å². The van der Waals surface area contributed by atoms with Crippen molar-refractivity contribution in [3.8, 4) is 22.3 Å². The Morgan fingerprint density at radius 2 is 0.818 bits per heavy atom. The molecular weight excluding hydrogens is 400 g/mol. The molecule has 33 heavy (non-hydrogen) atoms. The lowest BCUT2D eigenvalue weighted by molar-refractivity contribution is 0.567. The molecule has 1 heteroatoms. The third-order valence-corrected chi connectivity index (χ3v) is 6.25. The summed E-state index contributed by atoms with van der Waals surface area (Å²) in [4.78, 5) is 0. The number of fused-ring (bicyclic) bond motifs is 3. The lowest BCUT2D eigenvalue weighted by atomic mass is 10.0. The van der Waals surface area contributed by atoms with Crippen molar-refractivity contribution < 1.29 is 4.42 Å². The van der Waals surface area contributed by atoms with Crippen molar-refractivity contribution >= 4 is 33.7 Å². The molecule has 0 saturated carbocycles. The average molecular weight is 423 g/mol. The standard InChI is InChI=1S/C16H10.C12H8.C4H4O/c1-2-8-13-12(7-1)14-9-3-5-11-6-4-10-15(13)16(11)14;1-3-9-4-2-6-11-8-7-10(5-1)12(9)11;1-2-4-5-3-1/h1-10H;1-8H;1-4H. The molecule has 0 unspecified atom stereocenters. The molecule has 0 aliphatic heterocycles. The molecule has 0 saturated heterocycles. The van der Waals surface area contributed by atoms with E-state index in [4.69, 9.17) is 0 Å². The second kappa shape index (κ2) is 8.29. The lowest BCUT2D eigenvalue weighted by Gasteiger charge is -2.00. The maximum atomic E-state index is 4.58. The zero-order valence-electron chi connectivity index (χ0n) is 18.1. The van der Waals surface area contributed by atoms with Crippen molar-refractivity contribution in [3.05, 3.63) is 133 Å². The molecule has 0 radical (unpaired) electrons. The van der Waals surface area contributed by atoms with Crippen molar-refractivity contribution in [1.29, 1.82) is 0 Å². The van der Waals surface area contributed by atoms with E-state index in [0.29, 0.717) is 0 Å². The summed E-state index contributed by atoms with van der Waals surface area (Å²) in [5, 5.41) is 5.49. The van der Waals surface area contributed by atoms with Crippen molar-refractivity contribution in [1.82, 2.24) is 0 Å². The van der Waals surface area contributed by atoms with Crippen LogP contribution in [0.2, 0.25) is 0 Å². The quantitative estimate of drug-likeness (QED) is 0.237. The van der Waals surface area contributed by atoms with Crippen LogP contribution in [-0.4, -0.2) is 0 Å². The Bertz CT molecular complexity index is 1490. The summed E-state index contributed by atoms with van der Waals surface area (Å²) in [5.74, 6) is 0. The Balaban J connectivity index is 0.000000107. The highest BCUT2D eigenvalue weighted by Gasteiger charge is 2.19. The maximum Gasteiger partial charge on any atom is 0.0902 e. The van der Waals surface area contributed by atoms with Crippen LogP contribution in [0.15, 0.2) is 126 Å². The molecule has 156 valence electrons. The van der Waals surface area contributed by atoms with E-state index in [1.165, 1.54) is 54.9 Å². The zero-order valence-corrected chi connectivity index (χ0v) is 18.1. The Morgan fingerprint density at radius 1 is 0.364 bits per heavy atom. The minimum atomic E-state index is 1.34. The van der Waals surface area contributed by atoms with Gasteiger partial charge in [-0.3, -0.25) is 0 Å². The van der Waals surface area contributed by atoms with Gasteiger partial charge in [-0.15, -0.1) is 0 Å². The van der Waals surface area contributed by atoms with Gasteiger partial charge in [-0.05, 0) is 67.1 Å². The molecule has 0 amide bonds. The Kier molecular flexibility index (Phi) is 4.86. The molecule has 5 aromatic carbocycles. The van der Waals surface area contributed by atoms with Gasteiger partial charge in [0.15, 0.2) is 0 Å². The highest BCUT2D eigenvalue weighted by atomic mass is 16.3. The van der Waals surface area contributed by atoms with Crippen LogP contribution in [-0.2, 0) is 0 Å². The monoisotopic (exact) mass is 422 g/mol. The van der Waals surface area contributed by atoms with Gasteiger partial charge in [0.05, 0.1) is 12.5 Å². The van der Waals surface area contributed by atoms with E-state index < -0.39 is 0 Å². The minimum Gasteiger partial charge on any atom is -0.473 e. The molecule has 1 heterocycles. The topological polar surface area (TPSA) is 13.1 Å². The number of benzene rings is 5. The van der Waals surface area contributed by atoms with Gasteiger partial charge < -0.3 is 4.42 Å². The van der Waals surface area contributed by atoms with Crippen LogP contribution in [0.4, 0.5) is 0 Å². The smallest absolute Gasteiger partial charge is 0.0902 e. The summed E-state index contributed by atoms with van der Waals surface area (Å²) < 4.78 is 4.58. The third kappa shape index (κ3) is 3.44. The van der Waals surface area contributed by atoms with E-state index in [1.807, 2.05) is 12.1 Å². The van der Waals surface area contributed by atoms with E-state index in [-0.39, 0.29) is 0 Å². The Morgan fingerprint density at radius 3 is 1.30 bits per heavy atom. The Labute approximate surface area is 193 Å². The predicted molar refractivity (Wildman–Crippen MR) is 140 cm³/mol. The molecule has 0 atom stereocenters. The summed E-state index contributed by atoms with van der Waals surface area (Å²) >= 11 is 0. The molecule has 8 rings (SSSR count). The van der Waals surface area contributed by atoms with Crippen LogP contribution < -0.4 is 0 Å². The lowest BCUT2D eigenvalue weighted by Crippen LogP contribution is -1.76. The van der Waals surface area contributed by atoms with E-state index in [0.717, 1.165) is 0 Å². The van der Waals surface area contributed by atoms with Gasteiger partial charge in [0.1, 0.15) is 0 Å². The number of hydrogen-bond acceptors (Lipinski definition) is 1. The van der Waals surface area contributed by atoms with E-state index in [1.54, 1.807) is 12.5 Å². The average Bonchev–Trinajstić information content (AvgIpc) is 3.64. The highest BCUT2D eigenvalue weighted by Crippen LogP contribution is 2.46. The molecule has 1 aromatic heterocycles. The highest BCUT2D eigenvalue weighted by molar-refractivity contribution is 6.15. The van der Waals surface area contributed by atoms with Crippen LogP contribution in [0.25, 0.3) is 56.0 Å². The van der Waals surface area contributed by atoms with Crippen molar-refractivity contribution in [3.63, 3.8) is 0 Å². The zero-order chi connectivity index (χ0) is 22.0. The van der Waals surface area contributed by atoms with Crippen LogP contribution in [0.5, 0.6) is 0 Å². The first-order chi connectivity index (χ1) is 16.4. The molecule has 0 N–H and O–H groups in total. The van der Waals surface area contributed by atoms with Crippen LogP contribution in [0.3, 0.4) is 0 Å². The fourth-order valence-electron chi connectivity index (χ4n) is 4.83. The van der Waals surface area contributed by atoms with Gasteiger partial charge in [-0.1, -0.05) is 109 Å². The number of furan rings is 1. The summed E-state index contributed by atoms with van der Waals surface area (Å²) in [6.07, 6.45) is 7.61. The summed E-state index contributed by atoms with van der Waals surface area (Å²) in [5.41, 5.74) is 8.20. The first kappa shape index (κ1) is 19.3. The molecule has 0 bridgehead atoms. The van der Waals surface area contributed by atoms with Gasteiger partial charge in [0, 0.05) is 0 Å². The molecular formula is C32H22O. The molecule has 2 aliphatic rings. The Hall–Kier alpha value is -4.36. The van der Waals surface area contributed by atoms with Gasteiger partial charge >= 0.3 is 0 Å². The minimum absolute atomic E-state index is 1.34. The molecule has 0 fully saturated rings. The van der Waals surface area contributed by atoms with Crippen LogP contribution >= 0.6 is 0 Å². The van der Waals surface area contributed by atoms with Gasteiger partial charge in [0.2, 0.25) is 0 Å². The van der Waals surface area contributed by atoms with Crippen molar-refractivity contribution in [2.75, 3.05) is 0 Å². The molecule has 1 nitrogen and oxygen atoms in total. The summed E-state index contributed by atoms with van der Waals surface area (Å²) in [7, 11) is 0. The van der Waals surface area contributed by atoms with Crippen molar-refractivity contribution in [2.24, 2.45) is 0 Å². The molecule has 6 aromatic rings. The largest absolute Gasteiger partial charge is 0.473 e. The fourth-order valence-corrected chi connectivity index (χ4v) is 4.83. The maximum absolute atomic E-state index is 4.58.